The predicted molar refractivity (Wildman–Crippen MR) is 68.6 cm³/mol. The monoisotopic (exact) mass is 261 g/mol. The molecule has 2 aromatic heterocycles. The van der Waals surface area contributed by atoms with Gasteiger partial charge in [0.1, 0.15) is 5.82 Å². The number of carbonyl (C=O) groups excluding carboxylic acids is 1. The van der Waals surface area contributed by atoms with Crippen LogP contribution in [-0.2, 0) is 18.3 Å². The molecule has 2 heterocycles. The molecule has 0 aromatic carbocycles. The lowest BCUT2D eigenvalue weighted by atomic mass is 10.2. The smallest absolute Gasteiger partial charge is 0.358 e. The fraction of sp³-hybridized carbons (Fsp3) is 0.333. The van der Waals surface area contributed by atoms with Crippen molar-refractivity contribution in [3.63, 3.8) is 0 Å². The zero-order chi connectivity index (χ0) is 13.8. The molecule has 0 radical (unpaired) electrons. The lowest BCUT2D eigenvalue weighted by molar-refractivity contribution is 0.0593. The summed E-state index contributed by atoms with van der Waals surface area (Å²) < 4.78 is 6.39. The highest BCUT2D eigenvalue weighted by Crippen LogP contribution is 2.09. The maximum Gasteiger partial charge on any atom is 0.358 e. The summed E-state index contributed by atoms with van der Waals surface area (Å²) in [5.74, 6) is 0.0138. The molecule has 0 bridgehead atoms. The second-order valence-electron chi connectivity index (χ2n) is 4.01. The van der Waals surface area contributed by atoms with Crippen molar-refractivity contribution in [2.75, 3.05) is 12.4 Å². The summed E-state index contributed by atoms with van der Waals surface area (Å²) in [5, 5.41) is 7.25. The molecular weight excluding hydrogens is 246 g/mol. The van der Waals surface area contributed by atoms with Crippen molar-refractivity contribution >= 4 is 11.8 Å². The van der Waals surface area contributed by atoms with Gasteiger partial charge in [-0.3, -0.25) is 9.67 Å². The molecular formula is C12H15N5O2. The van der Waals surface area contributed by atoms with Crippen molar-refractivity contribution in [2.45, 2.75) is 13.5 Å². The molecule has 1 N–H and O–H groups in total. The molecule has 0 spiro atoms. The average Bonchev–Trinajstić information content (AvgIpc) is 2.76. The van der Waals surface area contributed by atoms with Crippen molar-refractivity contribution < 1.29 is 9.53 Å². The van der Waals surface area contributed by atoms with E-state index in [-0.39, 0.29) is 5.69 Å². The van der Waals surface area contributed by atoms with Crippen LogP contribution in [0, 0.1) is 6.92 Å². The Bertz CT molecular complexity index is 594. The first-order valence-electron chi connectivity index (χ1n) is 5.73. The van der Waals surface area contributed by atoms with Crippen LogP contribution in [0.4, 0.5) is 5.82 Å². The summed E-state index contributed by atoms with van der Waals surface area (Å²) in [6.07, 6.45) is 4.71. The summed E-state index contributed by atoms with van der Waals surface area (Å²) in [7, 11) is 3.19. The normalized spacial score (nSPS) is 10.3. The van der Waals surface area contributed by atoms with Gasteiger partial charge >= 0.3 is 5.97 Å². The topological polar surface area (TPSA) is 81.9 Å². The number of hydrogen-bond donors (Lipinski definition) is 1. The Morgan fingerprint density at radius 2 is 2.21 bits per heavy atom. The second-order valence-corrected chi connectivity index (χ2v) is 4.01. The van der Waals surface area contributed by atoms with Gasteiger partial charge in [0, 0.05) is 24.8 Å². The molecule has 19 heavy (non-hydrogen) atoms. The number of anilines is 1. The minimum Gasteiger partial charge on any atom is -0.464 e. The third-order valence-electron chi connectivity index (χ3n) is 2.83. The van der Waals surface area contributed by atoms with E-state index in [1.807, 2.05) is 14.0 Å². The van der Waals surface area contributed by atoms with E-state index in [1.54, 1.807) is 17.1 Å². The van der Waals surface area contributed by atoms with Crippen molar-refractivity contribution in [3.8, 4) is 0 Å². The summed E-state index contributed by atoms with van der Waals surface area (Å²) >= 11 is 0. The first-order valence-corrected chi connectivity index (χ1v) is 5.73. The number of esters is 1. The third kappa shape index (κ3) is 2.87. The molecule has 0 saturated carbocycles. The van der Waals surface area contributed by atoms with Crippen LogP contribution < -0.4 is 5.32 Å². The molecule has 2 rings (SSSR count). The van der Waals surface area contributed by atoms with Crippen LogP contribution >= 0.6 is 0 Å². The zero-order valence-corrected chi connectivity index (χ0v) is 11.0. The van der Waals surface area contributed by atoms with Gasteiger partial charge in [0.05, 0.1) is 25.7 Å². The van der Waals surface area contributed by atoms with Gasteiger partial charge in [-0.1, -0.05) is 0 Å². The molecule has 0 fully saturated rings. The van der Waals surface area contributed by atoms with Gasteiger partial charge < -0.3 is 10.1 Å². The Hall–Kier alpha value is -2.44. The number of aromatic nitrogens is 4. The van der Waals surface area contributed by atoms with Gasteiger partial charge in [0.25, 0.3) is 0 Å². The van der Waals surface area contributed by atoms with Gasteiger partial charge in [-0.15, -0.1) is 0 Å². The summed E-state index contributed by atoms with van der Waals surface area (Å²) in [5.41, 5.74) is 2.31. The molecule has 7 nitrogen and oxygen atoms in total. The second kappa shape index (κ2) is 5.47. The van der Waals surface area contributed by atoms with Crippen LogP contribution in [0.1, 0.15) is 21.7 Å². The van der Waals surface area contributed by atoms with E-state index in [0.717, 1.165) is 11.3 Å². The molecule has 0 unspecified atom stereocenters. The highest BCUT2D eigenvalue weighted by atomic mass is 16.5. The Morgan fingerprint density at radius 3 is 2.84 bits per heavy atom. The Balaban J connectivity index is 2.07. The maximum atomic E-state index is 11.3. The molecule has 0 saturated heterocycles. The zero-order valence-electron chi connectivity index (χ0n) is 11.0. The minimum absolute atomic E-state index is 0.176. The van der Waals surface area contributed by atoms with Crippen molar-refractivity contribution in [2.24, 2.45) is 7.05 Å². The number of hydrogen-bond acceptors (Lipinski definition) is 6. The quantitative estimate of drug-likeness (QED) is 0.824. The van der Waals surface area contributed by atoms with Crippen LogP contribution in [0.25, 0.3) is 0 Å². The first kappa shape index (κ1) is 13.0. The van der Waals surface area contributed by atoms with Gasteiger partial charge in [0.15, 0.2) is 5.69 Å². The van der Waals surface area contributed by atoms with E-state index in [2.05, 4.69) is 25.1 Å². The predicted octanol–water partition coefficient (Wildman–Crippen LogP) is 0.917. The molecule has 2 aromatic rings. The summed E-state index contributed by atoms with van der Waals surface area (Å²) in [6.45, 7) is 2.56. The third-order valence-corrected chi connectivity index (χ3v) is 2.83. The van der Waals surface area contributed by atoms with Crippen LogP contribution in [0.5, 0.6) is 0 Å². The van der Waals surface area contributed by atoms with E-state index in [0.29, 0.717) is 12.4 Å². The largest absolute Gasteiger partial charge is 0.464 e. The van der Waals surface area contributed by atoms with E-state index >= 15 is 0 Å². The maximum absolute atomic E-state index is 11.3. The standard InChI is InChI=1S/C12H15N5O2/c1-8-9(5-15-17(8)2)4-14-11-7-13-6-10(16-11)12(18)19-3/h5-7H,4H2,1-3H3,(H,14,16). The Labute approximate surface area is 110 Å². The van der Waals surface area contributed by atoms with Gasteiger partial charge in [-0.05, 0) is 6.92 Å². The van der Waals surface area contributed by atoms with Crippen LogP contribution in [0.2, 0.25) is 0 Å². The molecule has 0 aliphatic heterocycles. The number of nitrogens with zero attached hydrogens (tertiary/aromatic N) is 4. The highest BCUT2D eigenvalue weighted by molar-refractivity contribution is 5.87. The number of aryl methyl sites for hydroxylation is 1. The number of methoxy groups -OCH3 is 1. The van der Waals surface area contributed by atoms with Crippen molar-refractivity contribution in [3.05, 3.63) is 35.5 Å². The minimum atomic E-state index is -0.506. The van der Waals surface area contributed by atoms with Crippen LogP contribution in [-0.4, -0.2) is 32.8 Å². The molecule has 0 atom stereocenters. The number of rotatable bonds is 4. The van der Waals surface area contributed by atoms with Gasteiger partial charge in [-0.2, -0.15) is 5.10 Å². The van der Waals surface area contributed by atoms with E-state index in [4.69, 9.17) is 0 Å². The molecule has 0 aliphatic carbocycles. The Kier molecular flexibility index (Phi) is 3.74. The number of carbonyl (C=O) groups is 1. The van der Waals surface area contributed by atoms with Gasteiger partial charge in [0.2, 0.25) is 0 Å². The van der Waals surface area contributed by atoms with E-state index in [1.165, 1.54) is 13.3 Å². The molecule has 0 amide bonds. The van der Waals surface area contributed by atoms with Crippen LogP contribution in [0.15, 0.2) is 18.6 Å². The average molecular weight is 261 g/mol. The SMILES string of the molecule is COC(=O)c1cncc(NCc2cnn(C)c2C)n1. The fourth-order valence-electron chi connectivity index (χ4n) is 1.56. The highest BCUT2D eigenvalue weighted by Gasteiger charge is 2.09. The van der Waals surface area contributed by atoms with Crippen molar-refractivity contribution in [1.29, 1.82) is 0 Å². The van der Waals surface area contributed by atoms with Gasteiger partial charge in [-0.25, -0.2) is 9.78 Å². The lowest BCUT2D eigenvalue weighted by Crippen LogP contribution is -2.09. The van der Waals surface area contributed by atoms with E-state index < -0.39 is 5.97 Å². The molecule has 7 heteroatoms. The lowest BCUT2D eigenvalue weighted by Gasteiger charge is -2.06. The fourth-order valence-corrected chi connectivity index (χ4v) is 1.56. The molecule has 0 aliphatic rings. The molecule has 100 valence electrons. The first-order chi connectivity index (χ1) is 9.11. The van der Waals surface area contributed by atoms with Crippen LogP contribution in [0.3, 0.4) is 0 Å². The summed E-state index contributed by atoms with van der Waals surface area (Å²) in [4.78, 5) is 19.4. The summed E-state index contributed by atoms with van der Waals surface area (Å²) in [6, 6.07) is 0. The van der Waals surface area contributed by atoms with Crippen molar-refractivity contribution in [1.82, 2.24) is 19.7 Å². The number of ether oxygens (including phenoxy) is 1. The van der Waals surface area contributed by atoms with E-state index in [9.17, 15) is 4.79 Å². The Morgan fingerprint density at radius 1 is 1.42 bits per heavy atom. The number of nitrogens with one attached hydrogen (secondary N) is 1.